The zero-order valence-corrected chi connectivity index (χ0v) is 15.4. The minimum Gasteiger partial charge on any atom is -0.355 e. The molecule has 0 amide bonds. The third-order valence-corrected chi connectivity index (χ3v) is 4.96. The molecule has 130 valence electrons. The number of hydrogen-bond acceptors (Lipinski definition) is 4. The van der Waals surface area contributed by atoms with E-state index in [2.05, 4.69) is 65.9 Å². The molecule has 3 heterocycles. The average molecular weight is 335 g/mol. The van der Waals surface area contributed by atoms with E-state index in [1.807, 2.05) is 10.9 Å². The van der Waals surface area contributed by atoms with Crippen LogP contribution < -0.4 is 4.90 Å². The Balaban J connectivity index is 1.80. The number of aromatic nitrogens is 4. The molecular formula is C20H25N5. The van der Waals surface area contributed by atoms with Crippen molar-refractivity contribution in [2.75, 3.05) is 18.0 Å². The van der Waals surface area contributed by atoms with Gasteiger partial charge >= 0.3 is 0 Å². The summed E-state index contributed by atoms with van der Waals surface area (Å²) in [7, 11) is 0. The Morgan fingerprint density at radius 1 is 0.960 bits per heavy atom. The minimum absolute atomic E-state index is 0.684. The van der Waals surface area contributed by atoms with Gasteiger partial charge in [0.25, 0.3) is 0 Å². The van der Waals surface area contributed by atoms with E-state index in [1.54, 1.807) is 6.33 Å². The average Bonchev–Trinajstić information content (AvgIpc) is 2.97. The molecule has 3 aromatic rings. The molecular weight excluding hydrogens is 310 g/mol. The number of nitrogens with zero attached hydrogens (tertiary/aromatic N) is 5. The van der Waals surface area contributed by atoms with Crippen LogP contribution in [-0.2, 0) is 0 Å². The summed E-state index contributed by atoms with van der Waals surface area (Å²) in [6.07, 6.45) is 4.86. The predicted octanol–water partition coefficient (Wildman–Crippen LogP) is 3.91. The lowest BCUT2D eigenvalue weighted by Gasteiger charge is -2.35. The van der Waals surface area contributed by atoms with Crippen molar-refractivity contribution < 1.29 is 0 Å². The molecule has 1 aliphatic heterocycles. The van der Waals surface area contributed by atoms with Gasteiger partial charge in [0.1, 0.15) is 12.1 Å². The van der Waals surface area contributed by atoms with Gasteiger partial charge in [-0.2, -0.15) is 5.10 Å². The van der Waals surface area contributed by atoms with E-state index in [-0.39, 0.29) is 0 Å². The third kappa shape index (κ3) is 2.99. The Hall–Kier alpha value is -2.43. The van der Waals surface area contributed by atoms with Crippen molar-refractivity contribution in [3.05, 3.63) is 41.9 Å². The first kappa shape index (κ1) is 16.1. The number of piperidine rings is 1. The maximum atomic E-state index is 4.63. The van der Waals surface area contributed by atoms with Crippen LogP contribution in [0.15, 0.2) is 30.7 Å². The Morgan fingerprint density at radius 3 is 2.32 bits per heavy atom. The van der Waals surface area contributed by atoms with Crippen molar-refractivity contribution in [1.29, 1.82) is 0 Å². The van der Waals surface area contributed by atoms with Crippen molar-refractivity contribution in [2.24, 2.45) is 11.8 Å². The standard InChI is InChI=1S/C20H25N5/c1-13-5-14(2)8-17(7-13)25-20-18(9-23-25)19(21-12-22-20)24-10-15(3)6-16(4)11-24/h5,7-9,12,15-16H,6,10-11H2,1-4H3/t15-,16-/m0/s1. The second-order valence-corrected chi connectivity index (χ2v) is 7.69. The molecule has 1 aliphatic rings. The van der Waals surface area contributed by atoms with Gasteiger partial charge in [-0.15, -0.1) is 0 Å². The van der Waals surface area contributed by atoms with Crippen molar-refractivity contribution in [2.45, 2.75) is 34.1 Å². The van der Waals surface area contributed by atoms with E-state index in [1.165, 1.54) is 17.5 Å². The molecule has 1 aromatic carbocycles. The van der Waals surface area contributed by atoms with Gasteiger partial charge in [0.05, 0.1) is 17.3 Å². The number of anilines is 1. The fourth-order valence-corrected chi connectivity index (χ4v) is 4.18. The van der Waals surface area contributed by atoms with Crippen LogP contribution >= 0.6 is 0 Å². The zero-order valence-electron chi connectivity index (χ0n) is 15.4. The maximum Gasteiger partial charge on any atom is 0.168 e. The minimum atomic E-state index is 0.684. The van der Waals surface area contributed by atoms with Gasteiger partial charge in [-0.3, -0.25) is 0 Å². The molecule has 5 heteroatoms. The van der Waals surface area contributed by atoms with Crippen LogP contribution in [0, 0.1) is 25.7 Å². The molecule has 5 nitrogen and oxygen atoms in total. The molecule has 0 bridgehead atoms. The van der Waals surface area contributed by atoms with Crippen molar-refractivity contribution in [3.8, 4) is 5.69 Å². The first-order chi connectivity index (χ1) is 12.0. The Morgan fingerprint density at radius 2 is 1.64 bits per heavy atom. The summed E-state index contributed by atoms with van der Waals surface area (Å²) in [5.74, 6) is 2.38. The van der Waals surface area contributed by atoms with E-state index in [0.717, 1.165) is 35.6 Å². The molecule has 25 heavy (non-hydrogen) atoms. The van der Waals surface area contributed by atoms with E-state index >= 15 is 0 Å². The van der Waals surface area contributed by atoms with Crippen molar-refractivity contribution in [3.63, 3.8) is 0 Å². The molecule has 0 spiro atoms. The van der Waals surface area contributed by atoms with Crippen LogP contribution in [0.5, 0.6) is 0 Å². The smallest absolute Gasteiger partial charge is 0.168 e. The first-order valence-electron chi connectivity index (χ1n) is 9.03. The second-order valence-electron chi connectivity index (χ2n) is 7.69. The van der Waals surface area contributed by atoms with E-state index in [0.29, 0.717) is 11.8 Å². The normalized spacial score (nSPS) is 21.0. The van der Waals surface area contributed by atoms with Crippen LogP contribution in [0.25, 0.3) is 16.7 Å². The highest BCUT2D eigenvalue weighted by Crippen LogP contribution is 2.30. The van der Waals surface area contributed by atoms with Gasteiger partial charge < -0.3 is 4.90 Å². The van der Waals surface area contributed by atoms with Crippen LogP contribution in [-0.4, -0.2) is 32.8 Å². The van der Waals surface area contributed by atoms with E-state index in [4.69, 9.17) is 0 Å². The summed E-state index contributed by atoms with van der Waals surface area (Å²) < 4.78 is 1.93. The van der Waals surface area contributed by atoms with Gasteiger partial charge in [0.2, 0.25) is 0 Å². The summed E-state index contributed by atoms with van der Waals surface area (Å²) in [6.45, 7) is 11.0. The molecule has 0 N–H and O–H groups in total. The fourth-order valence-electron chi connectivity index (χ4n) is 4.18. The molecule has 1 fully saturated rings. The maximum absolute atomic E-state index is 4.63. The molecule has 2 atom stereocenters. The molecule has 0 aliphatic carbocycles. The summed E-state index contributed by atoms with van der Waals surface area (Å²) in [5.41, 5.74) is 4.39. The number of fused-ring (bicyclic) bond motifs is 1. The molecule has 0 radical (unpaired) electrons. The SMILES string of the molecule is Cc1cc(C)cc(-n2ncc3c(N4C[C@@H](C)C[C@H](C)C4)ncnc32)c1. The largest absolute Gasteiger partial charge is 0.355 e. The lowest BCUT2D eigenvalue weighted by Crippen LogP contribution is -2.39. The topological polar surface area (TPSA) is 46.8 Å². The summed E-state index contributed by atoms with van der Waals surface area (Å²) in [5, 5.41) is 5.66. The van der Waals surface area contributed by atoms with Gasteiger partial charge in [0, 0.05) is 13.1 Å². The van der Waals surface area contributed by atoms with Crippen molar-refractivity contribution in [1.82, 2.24) is 19.7 Å². The highest BCUT2D eigenvalue weighted by atomic mass is 15.3. The zero-order chi connectivity index (χ0) is 17.6. The third-order valence-electron chi connectivity index (χ3n) is 4.96. The van der Waals surface area contributed by atoms with Crippen LogP contribution in [0.4, 0.5) is 5.82 Å². The lowest BCUT2D eigenvalue weighted by atomic mass is 9.92. The number of hydrogen-bond donors (Lipinski definition) is 0. The summed E-state index contributed by atoms with van der Waals surface area (Å²) in [6, 6.07) is 6.46. The Labute approximate surface area is 148 Å². The summed E-state index contributed by atoms with van der Waals surface area (Å²) in [4.78, 5) is 11.5. The quantitative estimate of drug-likeness (QED) is 0.712. The molecule has 0 saturated carbocycles. The number of rotatable bonds is 2. The number of benzene rings is 1. The van der Waals surface area contributed by atoms with E-state index < -0.39 is 0 Å². The molecule has 4 rings (SSSR count). The second kappa shape index (κ2) is 6.14. The highest BCUT2D eigenvalue weighted by Gasteiger charge is 2.25. The fraction of sp³-hybridized carbons (Fsp3) is 0.450. The van der Waals surface area contributed by atoms with Crippen LogP contribution in [0.2, 0.25) is 0 Å². The highest BCUT2D eigenvalue weighted by molar-refractivity contribution is 5.87. The number of aryl methyl sites for hydroxylation is 2. The molecule has 2 aromatic heterocycles. The monoisotopic (exact) mass is 335 g/mol. The molecule has 0 unspecified atom stereocenters. The Kier molecular flexibility index (Phi) is 3.94. The Bertz CT molecular complexity index is 883. The predicted molar refractivity (Wildman–Crippen MR) is 101 cm³/mol. The van der Waals surface area contributed by atoms with Gasteiger partial charge in [-0.25, -0.2) is 14.6 Å². The first-order valence-corrected chi connectivity index (χ1v) is 9.03. The molecule has 1 saturated heterocycles. The summed E-state index contributed by atoms with van der Waals surface area (Å²) >= 11 is 0. The van der Waals surface area contributed by atoms with E-state index in [9.17, 15) is 0 Å². The van der Waals surface area contributed by atoms with Crippen LogP contribution in [0.3, 0.4) is 0 Å². The van der Waals surface area contributed by atoms with Gasteiger partial charge in [-0.05, 0) is 55.4 Å². The van der Waals surface area contributed by atoms with Gasteiger partial charge in [-0.1, -0.05) is 19.9 Å². The van der Waals surface area contributed by atoms with Gasteiger partial charge in [0.15, 0.2) is 5.65 Å². The van der Waals surface area contributed by atoms with Crippen molar-refractivity contribution >= 4 is 16.9 Å². The van der Waals surface area contributed by atoms with Crippen LogP contribution in [0.1, 0.15) is 31.4 Å². The lowest BCUT2D eigenvalue weighted by molar-refractivity contribution is 0.356.